The molecule has 0 N–H and O–H groups in total. The van der Waals surface area contributed by atoms with Crippen molar-refractivity contribution in [3.63, 3.8) is 0 Å². The summed E-state index contributed by atoms with van der Waals surface area (Å²) in [5, 5.41) is 1.16. The van der Waals surface area contributed by atoms with Crippen molar-refractivity contribution in [2.75, 3.05) is 0 Å². The number of hydrogen-bond acceptors (Lipinski definition) is 4. The van der Waals surface area contributed by atoms with E-state index in [-0.39, 0.29) is 0 Å². The van der Waals surface area contributed by atoms with Crippen LogP contribution in [-0.4, -0.2) is 15.0 Å². The third-order valence-electron chi connectivity index (χ3n) is 6.08. The molecule has 0 aliphatic heterocycles. The lowest BCUT2D eigenvalue weighted by Gasteiger charge is -2.12. The first-order valence-corrected chi connectivity index (χ1v) is 12.6. The van der Waals surface area contributed by atoms with Crippen LogP contribution in [0.4, 0.5) is 0 Å². The van der Waals surface area contributed by atoms with E-state index in [0.29, 0.717) is 5.82 Å². The van der Waals surface area contributed by atoms with E-state index in [1.165, 1.54) is 4.70 Å². The van der Waals surface area contributed by atoms with Gasteiger partial charge >= 0.3 is 0 Å². The molecular formula is C31H23N3S. The number of aryl methyl sites for hydroxylation is 1. The zero-order valence-corrected chi connectivity index (χ0v) is 20.2. The number of hydrogen-bond donors (Lipinski definition) is 0. The van der Waals surface area contributed by atoms with Crippen LogP contribution in [0.3, 0.4) is 0 Å². The Labute approximate surface area is 208 Å². The van der Waals surface area contributed by atoms with E-state index in [9.17, 15) is 0 Å². The molecule has 168 valence electrons. The Morgan fingerprint density at radius 2 is 1.17 bits per heavy atom. The summed E-state index contributed by atoms with van der Waals surface area (Å²) in [6.07, 6.45) is 0.952. The third kappa shape index (κ3) is 4.25. The van der Waals surface area contributed by atoms with Gasteiger partial charge < -0.3 is 0 Å². The van der Waals surface area contributed by atoms with E-state index < -0.39 is 0 Å². The standard InChI is InChI=1S/C31H23N3S/c1-2-30-32-28-19-23(17-18-29(28)35-30)24-15-9-10-16-25(24)31-33-26(21-11-5-3-6-12-21)20-27(34-31)22-13-7-4-8-14-22/h3-20H,2H2,1H3. The average molecular weight is 470 g/mol. The van der Waals surface area contributed by atoms with Crippen molar-refractivity contribution in [1.82, 2.24) is 15.0 Å². The quantitative estimate of drug-likeness (QED) is 0.255. The topological polar surface area (TPSA) is 38.7 Å². The monoisotopic (exact) mass is 469 g/mol. The van der Waals surface area contributed by atoms with Gasteiger partial charge in [0.25, 0.3) is 0 Å². The molecule has 0 fully saturated rings. The number of aromatic nitrogens is 3. The highest BCUT2D eigenvalue weighted by Crippen LogP contribution is 2.35. The molecule has 0 amide bonds. The van der Waals surface area contributed by atoms with Gasteiger partial charge in [-0.05, 0) is 35.7 Å². The Bertz CT molecular complexity index is 1560. The maximum absolute atomic E-state index is 5.04. The predicted molar refractivity (Wildman–Crippen MR) is 146 cm³/mol. The van der Waals surface area contributed by atoms with Gasteiger partial charge in [0.2, 0.25) is 0 Å². The van der Waals surface area contributed by atoms with Crippen LogP contribution < -0.4 is 0 Å². The van der Waals surface area contributed by atoms with Crippen LogP contribution >= 0.6 is 11.3 Å². The van der Waals surface area contributed by atoms with Gasteiger partial charge in [0.1, 0.15) is 0 Å². The van der Waals surface area contributed by atoms with Crippen molar-refractivity contribution in [2.45, 2.75) is 13.3 Å². The largest absolute Gasteiger partial charge is 0.241 e. The Balaban J connectivity index is 1.54. The summed E-state index contributed by atoms with van der Waals surface area (Å²) in [5.74, 6) is 0.716. The van der Waals surface area contributed by atoms with Crippen LogP contribution in [0.25, 0.3) is 55.2 Å². The van der Waals surface area contributed by atoms with E-state index in [4.69, 9.17) is 15.0 Å². The predicted octanol–water partition coefficient (Wildman–Crippen LogP) is 8.32. The molecule has 2 aromatic heterocycles. The van der Waals surface area contributed by atoms with Gasteiger partial charge in [-0.15, -0.1) is 11.3 Å². The number of rotatable bonds is 5. The molecule has 0 atom stereocenters. The molecule has 0 radical (unpaired) electrons. The van der Waals surface area contributed by atoms with Gasteiger partial charge in [-0.1, -0.05) is 97.9 Å². The molecule has 6 aromatic rings. The van der Waals surface area contributed by atoms with Gasteiger partial charge in [0.05, 0.1) is 26.6 Å². The fourth-order valence-corrected chi connectivity index (χ4v) is 5.19. The lowest BCUT2D eigenvalue weighted by molar-refractivity contribution is 1.11. The molecular weight excluding hydrogens is 446 g/mol. The Morgan fingerprint density at radius 1 is 0.571 bits per heavy atom. The van der Waals surface area contributed by atoms with Crippen molar-refractivity contribution in [2.24, 2.45) is 0 Å². The summed E-state index contributed by atoms with van der Waals surface area (Å²) in [5.41, 5.74) is 8.23. The normalized spacial score (nSPS) is 11.1. The summed E-state index contributed by atoms with van der Waals surface area (Å²) in [4.78, 5) is 14.9. The molecule has 0 aliphatic carbocycles. The van der Waals surface area contributed by atoms with Crippen molar-refractivity contribution in [1.29, 1.82) is 0 Å². The van der Waals surface area contributed by atoms with Crippen molar-refractivity contribution in [3.05, 3.63) is 114 Å². The van der Waals surface area contributed by atoms with Crippen LogP contribution in [0, 0.1) is 0 Å². The van der Waals surface area contributed by atoms with E-state index in [2.05, 4.69) is 79.7 Å². The van der Waals surface area contributed by atoms with Crippen LogP contribution in [0.15, 0.2) is 109 Å². The lowest BCUT2D eigenvalue weighted by Crippen LogP contribution is -1.97. The maximum Gasteiger partial charge on any atom is 0.161 e. The first-order chi connectivity index (χ1) is 17.3. The molecule has 0 bridgehead atoms. The number of benzene rings is 4. The molecule has 0 saturated heterocycles. The number of thiazole rings is 1. The Kier molecular flexibility index (Phi) is 5.65. The number of nitrogens with zero attached hydrogens (tertiary/aromatic N) is 3. The van der Waals surface area contributed by atoms with Crippen LogP contribution in [0.1, 0.15) is 11.9 Å². The average Bonchev–Trinajstić information content (AvgIpc) is 3.36. The van der Waals surface area contributed by atoms with E-state index >= 15 is 0 Å². The molecule has 2 heterocycles. The highest BCUT2D eigenvalue weighted by Gasteiger charge is 2.15. The molecule has 0 saturated carbocycles. The second-order valence-electron chi connectivity index (χ2n) is 8.38. The first-order valence-electron chi connectivity index (χ1n) is 11.8. The molecule has 0 spiro atoms. The zero-order valence-electron chi connectivity index (χ0n) is 19.3. The first kappa shape index (κ1) is 21.4. The summed E-state index contributed by atoms with van der Waals surface area (Å²) in [6.45, 7) is 2.15. The third-order valence-corrected chi connectivity index (χ3v) is 7.26. The maximum atomic E-state index is 5.04. The zero-order chi connectivity index (χ0) is 23.6. The van der Waals surface area contributed by atoms with Crippen LogP contribution in [0.5, 0.6) is 0 Å². The second kappa shape index (κ2) is 9.24. The molecule has 35 heavy (non-hydrogen) atoms. The molecule has 0 unspecified atom stereocenters. The van der Waals surface area contributed by atoms with E-state index in [1.54, 1.807) is 11.3 Å². The fraction of sp³-hybridized carbons (Fsp3) is 0.0645. The SMILES string of the molecule is CCc1nc2cc(-c3ccccc3-c3nc(-c4ccccc4)cc(-c4ccccc4)n3)ccc2s1. The molecule has 4 heteroatoms. The minimum Gasteiger partial charge on any atom is -0.241 e. The van der Waals surface area contributed by atoms with Crippen LogP contribution in [0.2, 0.25) is 0 Å². The highest BCUT2D eigenvalue weighted by atomic mass is 32.1. The van der Waals surface area contributed by atoms with E-state index in [0.717, 1.165) is 56.2 Å². The van der Waals surface area contributed by atoms with Crippen molar-refractivity contribution in [3.8, 4) is 45.0 Å². The Morgan fingerprint density at radius 3 is 1.80 bits per heavy atom. The minimum atomic E-state index is 0.716. The van der Waals surface area contributed by atoms with Crippen LogP contribution in [-0.2, 0) is 6.42 Å². The summed E-state index contributed by atoms with van der Waals surface area (Å²) in [7, 11) is 0. The molecule has 3 nitrogen and oxygen atoms in total. The summed E-state index contributed by atoms with van der Waals surface area (Å²) >= 11 is 1.77. The molecule has 0 aliphatic rings. The number of fused-ring (bicyclic) bond motifs is 1. The summed E-state index contributed by atoms with van der Waals surface area (Å²) < 4.78 is 1.22. The minimum absolute atomic E-state index is 0.716. The van der Waals surface area contributed by atoms with Crippen molar-refractivity contribution >= 4 is 21.6 Å². The van der Waals surface area contributed by atoms with Gasteiger partial charge in [-0.25, -0.2) is 15.0 Å². The Hall–Kier alpha value is -4.15. The lowest BCUT2D eigenvalue weighted by atomic mass is 9.98. The van der Waals surface area contributed by atoms with Gasteiger partial charge in [-0.2, -0.15) is 0 Å². The van der Waals surface area contributed by atoms with Gasteiger partial charge in [0.15, 0.2) is 5.82 Å². The van der Waals surface area contributed by atoms with Gasteiger partial charge in [-0.3, -0.25) is 0 Å². The molecule has 6 rings (SSSR count). The fourth-order valence-electron chi connectivity index (χ4n) is 4.31. The van der Waals surface area contributed by atoms with Crippen molar-refractivity contribution < 1.29 is 0 Å². The van der Waals surface area contributed by atoms with E-state index in [1.807, 2.05) is 36.4 Å². The highest BCUT2D eigenvalue weighted by molar-refractivity contribution is 7.18. The van der Waals surface area contributed by atoms with Gasteiger partial charge in [0, 0.05) is 16.7 Å². The summed E-state index contributed by atoms with van der Waals surface area (Å²) in [6, 6.07) is 37.6. The second-order valence-corrected chi connectivity index (χ2v) is 9.50. The molecule has 4 aromatic carbocycles. The smallest absolute Gasteiger partial charge is 0.161 e.